The number of nitrogens with zero attached hydrogens (tertiary/aromatic N) is 1. The average molecular weight is 431 g/mol. The van der Waals surface area contributed by atoms with Crippen molar-refractivity contribution in [3.8, 4) is 0 Å². The van der Waals surface area contributed by atoms with Crippen LogP contribution in [0.4, 0.5) is 5.69 Å². The number of rotatable bonds is 6. The van der Waals surface area contributed by atoms with E-state index in [0.717, 1.165) is 19.3 Å². The Kier molecular flexibility index (Phi) is 6.89. The molecule has 3 rings (SSSR count). The number of carbonyl (C=O) groups excluding carboxylic acids is 2. The number of hydrogen-bond donors (Lipinski definition) is 1. The molecule has 0 spiro atoms. The van der Waals surface area contributed by atoms with Crippen LogP contribution in [-0.4, -0.2) is 43.8 Å². The Labute approximate surface area is 177 Å². The third-order valence-electron chi connectivity index (χ3n) is 5.05. The van der Waals surface area contributed by atoms with E-state index in [2.05, 4.69) is 5.32 Å². The van der Waals surface area contributed by atoms with Gasteiger partial charge in [0.15, 0.2) is 6.10 Å². The van der Waals surface area contributed by atoms with Crippen molar-refractivity contribution in [3.63, 3.8) is 0 Å². The van der Waals surface area contributed by atoms with Gasteiger partial charge in [-0.25, -0.2) is 13.2 Å². The predicted molar refractivity (Wildman–Crippen MR) is 114 cm³/mol. The number of benzene rings is 2. The van der Waals surface area contributed by atoms with Crippen molar-refractivity contribution in [2.75, 3.05) is 18.4 Å². The van der Waals surface area contributed by atoms with E-state index >= 15 is 0 Å². The molecule has 160 valence electrons. The van der Waals surface area contributed by atoms with E-state index in [-0.39, 0.29) is 10.5 Å². The summed E-state index contributed by atoms with van der Waals surface area (Å²) < 4.78 is 32.8. The van der Waals surface area contributed by atoms with Gasteiger partial charge >= 0.3 is 5.97 Å². The fourth-order valence-electron chi connectivity index (χ4n) is 3.30. The summed E-state index contributed by atoms with van der Waals surface area (Å²) in [6.07, 6.45) is 1.63. The lowest BCUT2D eigenvalue weighted by Crippen LogP contribution is -2.36. The van der Waals surface area contributed by atoms with Crippen molar-refractivity contribution >= 4 is 27.6 Å². The van der Waals surface area contributed by atoms with E-state index < -0.39 is 28.0 Å². The third kappa shape index (κ3) is 5.06. The van der Waals surface area contributed by atoms with Crippen LogP contribution in [0.3, 0.4) is 0 Å². The van der Waals surface area contributed by atoms with Gasteiger partial charge in [-0.05, 0) is 56.5 Å². The molecular formula is C22H26N2O5S. The Bertz CT molecular complexity index is 1020. The highest BCUT2D eigenvalue weighted by Crippen LogP contribution is 2.25. The van der Waals surface area contributed by atoms with Crippen LogP contribution in [0.25, 0.3) is 0 Å². The van der Waals surface area contributed by atoms with Gasteiger partial charge in [0.25, 0.3) is 5.91 Å². The van der Waals surface area contributed by atoms with Gasteiger partial charge < -0.3 is 10.1 Å². The molecule has 1 heterocycles. The summed E-state index contributed by atoms with van der Waals surface area (Å²) in [6, 6.07) is 13.3. The fourth-order valence-corrected chi connectivity index (χ4v) is 5.06. The number of piperidine rings is 1. The fraction of sp³-hybridized carbons (Fsp3) is 0.364. The summed E-state index contributed by atoms with van der Waals surface area (Å²) >= 11 is 0. The molecule has 1 amide bonds. The minimum Gasteiger partial charge on any atom is -0.449 e. The number of ether oxygens (including phenoxy) is 1. The maximum atomic E-state index is 13.0. The number of amides is 1. The van der Waals surface area contributed by atoms with Gasteiger partial charge in [-0.2, -0.15) is 4.31 Å². The largest absolute Gasteiger partial charge is 0.449 e. The van der Waals surface area contributed by atoms with E-state index in [4.69, 9.17) is 4.74 Å². The van der Waals surface area contributed by atoms with Gasteiger partial charge in [-0.15, -0.1) is 0 Å². The zero-order valence-corrected chi connectivity index (χ0v) is 17.9. The van der Waals surface area contributed by atoms with E-state index in [1.54, 1.807) is 37.3 Å². The minimum absolute atomic E-state index is 0.0931. The first-order valence-electron chi connectivity index (χ1n) is 9.97. The monoisotopic (exact) mass is 430 g/mol. The highest BCUT2D eigenvalue weighted by molar-refractivity contribution is 7.89. The van der Waals surface area contributed by atoms with Crippen molar-refractivity contribution in [1.82, 2.24) is 4.31 Å². The minimum atomic E-state index is -3.69. The van der Waals surface area contributed by atoms with Crippen LogP contribution < -0.4 is 5.32 Å². The Morgan fingerprint density at radius 3 is 2.37 bits per heavy atom. The van der Waals surface area contributed by atoms with Gasteiger partial charge in [0, 0.05) is 18.8 Å². The van der Waals surface area contributed by atoms with Crippen molar-refractivity contribution < 1.29 is 22.7 Å². The maximum absolute atomic E-state index is 13.0. The summed E-state index contributed by atoms with van der Waals surface area (Å²) in [4.78, 5) is 24.9. The standard InChI is InChI=1S/C22H26N2O5S/c1-16-11-12-18(15-20(16)30(27,28)24-13-7-4-8-14-24)22(26)29-17(2)21(25)23-19-9-5-3-6-10-19/h3,5-6,9-12,15,17H,4,7-8,13-14H2,1-2H3,(H,23,25)/t17-/m0/s1. The number of sulfonamides is 1. The first-order valence-corrected chi connectivity index (χ1v) is 11.4. The zero-order chi connectivity index (χ0) is 21.7. The molecule has 1 aliphatic heterocycles. The molecule has 7 nitrogen and oxygen atoms in total. The maximum Gasteiger partial charge on any atom is 0.338 e. The number of anilines is 1. The smallest absolute Gasteiger partial charge is 0.338 e. The zero-order valence-electron chi connectivity index (χ0n) is 17.1. The van der Waals surface area contributed by atoms with Crippen molar-refractivity contribution in [1.29, 1.82) is 0 Å². The molecular weight excluding hydrogens is 404 g/mol. The number of para-hydroxylation sites is 1. The van der Waals surface area contributed by atoms with Crippen LogP contribution in [0.2, 0.25) is 0 Å². The number of aryl methyl sites for hydroxylation is 1. The molecule has 0 radical (unpaired) electrons. The third-order valence-corrected chi connectivity index (χ3v) is 7.09. The molecule has 0 saturated carbocycles. The second-order valence-electron chi connectivity index (χ2n) is 7.35. The lowest BCUT2D eigenvalue weighted by Gasteiger charge is -2.26. The molecule has 0 aromatic heterocycles. The molecule has 8 heteroatoms. The van der Waals surface area contributed by atoms with E-state index in [1.165, 1.54) is 23.4 Å². The molecule has 0 bridgehead atoms. The quantitative estimate of drug-likeness (QED) is 0.710. The summed E-state index contributed by atoms with van der Waals surface area (Å²) in [7, 11) is -3.69. The molecule has 30 heavy (non-hydrogen) atoms. The van der Waals surface area contributed by atoms with Crippen LogP contribution in [-0.2, 0) is 19.6 Å². The summed E-state index contributed by atoms with van der Waals surface area (Å²) in [5, 5.41) is 2.67. The molecule has 2 aromatic carbocycles. The summed E-state index contributed by atoms with van der Waals surface area (Å²) in [5.74, 6) is -1.22. The van der Waals surface area contributed by atoms with Crippen molar-refractivity contribution in [2.24, 2.45) is 0 Å². The molecule has 1 fully saturated rings. The van der Waals surface area contributed by atoms with Crippen LogP contribution in [0, 0.1) is 6.92 Å². The first-order chi connectivity index (χ1) is 14.3. The second-order valence-corrected chi connectivity index (χ2v) is 9.25. The highest BCUT2D eigenvalue weighted by Gasteiger charge is 2.28. The van der Waals surface area contributed by atoms with Gasteiger partial charge in [-0.3, -0.25) is 4.79 Å². The summed E-state index contributed by atoms with van der Waals surface area (Å²) in [5.41, 5.74) is 1.25. The van der Waals surface area contributed by atoms with Gasteiger partial charge in [-0.1, -0.05) is 30.7 Å². The van der Waals surface area contributed by atoms with Crippen LogP contribution in [0.1, 0.15) is 42.1 Å². The molecule has 1 atom stereocenters. The Balaban J connectivity index is 1.73. The Morgan fingerprint density at radius 1 is 1.03 bits per heavy atom. The molecule has 0 aliphatic carbocycles. The molecule has 1 N–H and O–H groups in total. The van der Waals surface area contributed by atoms with E-state index in [0.29, 0.717) is 24.3 Å². The first kappa shape index (κ1) is 22.0. The number of hydrogen-bond acceptors (Lipinski definition) is 5. The number of carbonyl (C=O) groups is 2. The Hall–Kier alpha value is -2.71. The summed E-state index contributed by atoms with van der Waals surface area (Å²) in [6.45, 7) is 4.12. The lowest BCUT2D eigenvalue weighted by molar-refractivity contribution is -0.123. The molecule has 0 unspecified atom stereocenters. The van der Waals surface area contributed by atoms with Gasteiger partial charge in [0.2, 0.25) is 10.0 Å². The predicted octanol–water partition coefficient (Wildman–Crippen LogP) is 3.35. The van der Waals surface area contributed by atoms with E-state index in [9.17, 15) is 18.0 Å². The normalized spacial score (nSPS) is 15.9. The van der Waals surface area contributed by atoms with Crippen LogP contribution in [0.15, 0.2) is 53.4 Å². The average Bonchev–Trinajstić information content (AvgIpc) is 2.75. The van der Waals surface area contributed by atoms with E-state index in [1.807, 2.05) is 6.07 Å². The second kappa shape index (κ2) is 9.40. The molecule has 1 saturated heterocycles. The number of nitrogens with one attached hydrogen (secondary N) is 1. The number of esters is 1. The van der Waals surface area contributed by atoms with Crippen LogP contribution >= 0.6 is 0 Å². The lowest BCUT2D eigenvalue weighted by atomic mass is 10.1. The molecule has 2 aromatic rings. The van der Waals surface area contributed by atoms with Crippen molar-refractivity contribution in [3.05, 3.63) is 59.7 Å². The van der Waals surface area contributed by atoms with Crippen LogP contribution in [0.5, 0.6) is 0 Å². The topological polar surface area (TPSA) is 92.8 Å². The SMILES string of the molecule is Cc1ccc(C(=O)O[C@@H](C)C(=O)Nc2ccccc2)cc1S(=O)(=O)N1CCCCC1. The Morgan fingerprint density at radius 2 is 1.70 bits per heavy atom. The van der Waals surface area contributed by atoms with Gasteiger partial charge in [0.05, 0.1) is 10.5 Å². The van der Waals surface area contributed by atoms with Gasteiger partial charge in [0.1, 0.15) is 0 Å². The highest BCUT2D eigenvalue weighted by atomic mass is 32.2. The van der Waals surface area contributed by atoms with Crippen molar-refractivity contribution in [2.45, 2.75) is 44.1 Å². The molecule has 1 aliphatic rings.